The molecule has 0 amide bonds. The SMILES string of the molecule is COc1ccc2nc(-c3cccc(CCN)c3)oc2c1. The summed E-state index contributed by atoms with van der Waals surface area (Å²) in [7, 11) is 1.63. The van der Waals surface area contributed by atoms with Crippen LogP contribution in [0.1, 0.15) is 5.56 Å². The summed E-state index contributed by atoms with van der Waals surface area (Å²) in [6.07, 6.45) is 0.849. The van der Waals surface area contributed by atoms with Gasteiger partial charge in [0.25, 0.3) is 0 Å². The van der Waals surface area contributed by atoms with E-state index in [2.05, 4.69) is 17.1 Å². The van der Waals surface area contributed by atoms with Crippen LogP contribution in [-0.4, -0.2) is 18.6 Å². The third kappa shape index (κ3) is 2.38. The van der Waals surface area contributed by atoms with Crippen molar-refractivity contribution in [1.29, 1.82) is 0 Å². The van der Waals surface area contributed by atoms with Gasteiger partial charge in [-0.25, -0.2) is 4.98 Å². The molecule has 0 aliphatic heterocycles. The van der Waals surface area contributed by atoms with Crippen molar-refractivity contribution >= 4 is 11.1 Å². The fourth-order valence-corrected chi connectivity index (χ4v) is 2.18. The van der Waals surface area contributed by atoms with Gasteiger partial charge in [-0.15, -0.1) is 0 Å². The van der Waals surface area contributed by atoms with Crippen LogP contribution < -0.4 is 10.5 Å². The summed E-state index contributed by atoms with van der Waals surface area (Å²) < 4.78 is 11.0. The van der Waals surface area contributed by atoms with Gasteiger partial charge in [-0.05, 0) is 42.8 Å². The molecular weight excluding hydrogens is 252 g/mol. The highest BCUT2D eigenvalue weighted by Crippen LogP contribution is 2.27. The Labute approximate surface area is 117 Å². The highest BCUT2D eigenvalue weighted by atomic mass is 16.5. The lowest BCUT2D eigenvalue weighted by Gasteiger charge is -2.00. The number of methoxy groups -OCH3 is 1. The number of rotatable bonds is 4. The van der Waals surface area contributed by atoms with Crippen LogP contribution in [0.4, 0.5) is 0 Å². The zero-order valence-corrected chi connectivity index (χ0v) is 11.3. The summed E-state index contributed by atoms with van der Waals surface area (Å²) in [6.45, 7) is 0.633. The molecule has 0 atom stereocenters. The summed E-state index contributed by atoms with van der Waals surface area (Å²) in [5, 5.41) is 0. The van der Waals surface area contributed by atoms with Crippen molar-refractivity contribution in [2.45, 2.75) is 6.42 Å². The van der Waals surface area contributed by atoms with E-state index in [4.69, 9.17) is 14.9 Å². The van der Waals surface area contributed by atoms with Crippen LogP contribution in [0, 0.1) is 0 Å². The molecule has 0 aliphatic rings. The topological polar surface area (TPSA) is 61.3 Å². The van der Waals surface area contributed by atoms with Crippen LogP contribution in [0.5, 0.6) is 5.75 Å². The first kappa shape index (κ1) is 12.7. The van der Waals surface area contributed by atoms with Crippen molar-refractivity contribution in [3.63, 3.8) is 0 Å². The van der Waals surface area contributed by atoms with Gasteiger partial charge in [-0.3, -0.25) is 0 Å². The average Bonchev–Trinajstić information content (AvgIpc) is 2.90. The van der Waals surface area contributed by atoms with E-state index in [1.807, 2.05) is 30.3 Å². The second kappa shape index (κ2) is 5.35. The van der Waals surface area contributed by atoms with E-state index in [0.29, 0.717) is 12.4 Å². The highest BCUT2D eigenvalue weighted by molar-refractivity contribution is 5.77. The lowest BCUT2D eigenvalue weighted by Crippen LogP contribution is -2.02. The fourth-order valence-electron chi connectivity index (χ4n) is 2.18. The molecule has 2 aromatic carbocycles. The molecule has 4 nitrogen and oxygen atoms in total. The number of ether oxygens (including phenoxy) is 1. The minimum absolute atomic E-state index is 0.618. The predicted molar refractivity (Wildman–Crippen MR) is 78.8 cm³/mol. The van der Waals surface area contributed by atoms with Gasteiger partial charge in [0, 0.05) is 11.6 Å². The number of benzene rings is 2. The van der Waals surface area contributed by atoms with Crippen molar-refractivity contribution in [2.75, 3.05) is 13.7 Å². The Bertz CT molecular complexity index is 734. The summed E-state index contributed by atoms with van der Waals surface area (Å²) in [5.41, 5.74) is 9.29. The standard InChI is InChI=1S/C16H16N2O2/c1-19-13-5-6-14-15(10-13)20-16(18-14)12-4-2-3-11(9-12)7-8-17/h2-6,9-10H,7-8,17H2,1H3. The van der Waals surface area contributed by atoms with E-state index in [1.165, 1.54) is 5.56 Å². The average molecular weight is 268 g/mol. The highest BCUT2D eigenvalue weighted by Gasteiger charge is 2.09. The predicted octanol–water partition coefficient (Wildman–Crippen LogP) is 3.00. The molecule has 0 spiro atoms. The first-order chi connectivity index (χ1) is 9.80. The largest absolute Gasteiger partial charge is 0.497 e. The quantitative estimate of drug-likeness (QED) is 0.790. The molecule has 2 N–H and O–H groups in total. The van der Waals surface area contributed by atoms with E-state index in [9.17, 15) is 0 Å². The van der Waals surface area contributed by atoms with E-state index >= 15 is 0 Å². The molecule has 4 heteroatoms. The maximum Gasteiger partial charge on any atom is 0.227 e. The lowest BCUT2D eigenvalue weighted by molar-refractivity contribution is 0.414. The molecule has 1 heterocycles. The molecule has 20 heavy (non-hydrogen) atoms. The fraction of sp³-hybridized carbons (Fsp3) is 0.188. The van der Waals surface area contributed by atoms with Gasteiger partial charge >= 0.3 is 0 Å². The number of nitrogens with zero attached hydrogens (tertiary/aromatic N) is 1. The molecule has 0 fully saturated rings. The van der Waals surface area contributed by atoms with Crippen LogP contribution in [0.3, 0.4) is 0 Å². The Hall–Kier alpha value is -2.33. The van der Waals surface area contributed by atoms with E-state index in [0.717, 1.165) is 28.8 Å². The third-order valence-electron chi connectivity index (χ3n) is 3.20. The Morgan fingerprint density at radius 1 is 1.20 bits per heavy atom. The molecule has 0 unspecified atom stereocenters. The number of fused-ring (bicyclic) bond motifs is 1. The van der Waals surface area contributed by atoms with Crippen molar-refractivity contribution in [1.82, 2.24) is 4.98 Å². The second-order valence-electron chi connectivity index (χ2n) is 4.59. The Morgan fingerprint density at radius 2 is 2.10 bits per heavy atom. The van der Waals surface area contributed by atoms with Crippen molar-refractivity contribution in [3.8, 4) is 17.2 Å². The molecule has 1 aromatic heterocycles. The normalized spacial score (nSPS) is 10.9. The van der Waals surface area contributed by atoms with Gasteiger partial charge in [0.2, 0.25) is 5.89 Å². The number of aromatic nitrogens is 1. The van der Waals surface area contributed by atoms with Crippen molar-refractivity contribution < 1.29 is 9.15 Å². The minimum atomic E-state index is 0.618. The summed E-state index contributed by atoms with van der Waals surface area (Å²) in [6, 6.07) is 13.7. The number of nitrogens with two attached hydrogens (primary N) is 1. The number of oxazole rings is 1. The molecule has 0 radical (unpaired) electrons. The summed E-state index contributed by atoms with van der Waals surface area (Å²) in [5.74, 6) is 1.38. The zero-order chi connectivity index (χ0) is 13.9. The molecule has 3 rings (SSSR count). The molecule has 3 aromatic rings. The minimum Gasteiger partial charge on any atom is -0.497 e. The number of hydrogen-bond donors (Lipinski definition) is 1. The lowest BCUT2D eigenvalue weighted by atomic mass is 10.1. The van der Waals surface area contributed by atoms with Crippen molar-refractivity contribution in [2.24, 2.45) is 5.73 Å². The van der Waals surface area contributed by atoms with Crippen LogP contribution in [-0.2, 0) is 6.42 Å². The van der Waals surface area contributed by atoms with E-state index < -0.39 is 0 Å². The van der Waals surface area contributed by atoms with Crippen LogP contribution >= 0.6 is 0 Å². The van der Waals surface area contributed by atoms with Gasteiger partial charge in [-0.1, -0.05) is 12.1 Å². The molecule has 0 bridgehead atoms. The maximum atomic E-state index is 5.81. The Balaban J connectivity index is 2.03. The van der Waals surface area contributed by atoms with E-state index in [-0.39, 0.29) is 0 Å². The monoisotopic (exact) mass is 268 g/mol. The van der Waals surface area contributed by atoms with E-state index in [1.54, 1.807) is 7.11 Å². The maximum absolute atomic E-state index is 5.81. The first-order valence-electron chi connectivity index (χ1n) is 6.54. The number of hydrogen-bond acceptors (Lipinski definition) is 4. The second-order valence-corrected chi connectivity index (χ2v) is 4.59. The Morgan fingerprint density at radius 3 is 2.90 bits per heavy atom. The zero-order valence-electron chi connectivity index (χ0n) is 11.3. The van der Waals surface area contributed by atoms with Gasteiger partial charge in [-0.2, -0.15) is 0 Å². The molecule has 0 saturated heterocycles. The Kier molecular flexibility index (Phi) is 3.39. The van der Waals surface area contributed by atoms with Gasteiger partial charge in [0.05, 0.1) is 7.11 Å². The first-order valence-corrected chi connectivity index (χ1v) is 6.54. The molecule has 0 aliphatic carbocycles. The smallest absolute Gasteiger partial charge is 0.227 e. The summed E-state index contributed by atoms with van der Waals surface area (Å²) in [4.78, 5) is 4.51. The van der Waals surface area contributed by atoms with Gasteiger partial charge < -0.3 is 14.9 Å². The van der Waals surface area contributed by atoms with Gasteiger partial charge in [0.15, 0.2) is 5.58 Å². The van der Waals surface area contributed by atoms with Gasteiger partial charge in [0.1, 0.15) is 11.3 Å². The third-order valence-corrected chi connectivity index (χ3v) is 3.20. The van der Waals surface area contributed by atoms with Crippen LogP contribution in [0.25, 0.3) is 22.6 Å². The molecule has 0 saturated carbocycles. The molecule has 102 valence electrons. The molecular formula is C16H16N2O2. The van der Waals surface area contributed by atoms with Crippen LogP contribution in [0.2, 0.25) is 0 Å². The van der Waals surface area contributed by atoms with Crippen LogP contribution in [0.15, 0.2) is 46.9 Å². The summed E-state index contributed by atoms with van der Waals surface area (Å²) >= 11 is 0. The van der Waals surface area contributed by atoms with Crippen molar-refractivity contribution in [3.05, 3.63) is 48.0 Å².